The van der Waals surface area contributed by atoms with Gasteiger partial charge >= 0.3 is 0 Å². The maximum absolute atomic E-state index is 13.5. The van der Waals surface area contributed by atoms with Crippen LogP contribution in [0, 0.1) is 12.7 Å². The molecule has 1 N–H and O–H groups in total. The molecule has 9 heteroatoms. The van der Waals surface area contributed by atoms with Crippen LogP contribution in [0.25, 0.3) is 10.9 Å². The molecule has 4 aromatic rings. The Morgan fingerprint density at radius 3 is 2.26 bits per heavy atom. The number of hydrogen-bond acceptors (Lipinski definition) is 5. The molecule has 0 atom stereocenters. The number of fused-ring (bicyclic) bond motifs is 2. The summed E-state index contributed by atoms with van der Waals surface area (Å²) in [5.74, 6) is 0.582. The zero-order valence-corrected chi connectivity index (χ0v) is 19.8. The molecular formula is C26H23FN2O5S. The molecule has 0 bridgehead atoms. The van der Waals surface area contributed by atoms with Crippen LogP contribution in [0.4, 0.5) is 4.39 Å². The first-order chi connectivity index (χ1) is 16.8. The summed E-state index contributed by atoms with van der Waals surface area (Å²) in [6.45, 7) is 2.66. The van der Waals surface area contributed by atoms with E-state index in [2.05, 4.69) is 4.98 Å². The number of nitrogens with one attached hydrogen (secondary N) is 1. The summed E-state index contributed by atoms with van der Waals surface area (Å²) in [4.78, 5) is 15.7. The van der Waals surface area contributed by atoms with Crippen molar-refractivity contribution in [2.24, 2.45) is 0 Å². The van der Waals surface area contributed by atoms with Gasteiger partial charge in [0.05, 0.1) is 10.4 Å². The van der Waals surface area contributed by atoms with E-state index in [4.69, 9.17) is 9.47 Å². The highest BCUT2D eigenvalue weighted by molar-refractivity contribution is 7.89. The van der Waals surface area contributed by atoms with Crippen molar-refractivity contribution in [1.82, 2.24) is 9.29 Å². The van der Waals surface area contributed by atoms with Crippen LogP contribution in [0.3, 0.4) is 0 Å². The maximum Gasteiger partial charge on any atom is 0.252 e. The number of aromatic amines is 1. The van der Waals surface area contributed by atoms with Crippen LogP contribution in [0.15, 0.2) is 76.4 Å². The van der Waals surface area contributed by atoms with Gasteiger partial charge in [0.1, 0.15) is 19.0 Å². The summed E-state index contributed by atoms with van der Waals surface area (Å²) in [6.07, 6.45) is 0. The largest absolute Gasteiger partial charge is 0.486 e. The van der Waals surface area contributed by atoms with Crippen LogP contribution in [0.5, 0.6) is 11.5 Å². The van der Waals surface area contributed by atoms with Gasteiger partial charge in [0, 0.05) is 30.1 Å². The van der Waals surface area contributed by atoms with Gasteiger partial charge in [-0.1, -0.05) is 29.8 Å². The number of benzene rings is 3. The van der Waals surface area contributed by atoms with Crippen LogP contribution in [-0.4, -0.2) is 30.9 Å². The molecule has 180 valence electrons. The summed E-state index contributed by atoms with van der Waals surface area (Å²) < 4.78 is 53.0. The molecule has 0 radical (unpaired) electrons. The molecule has 35 heavy (non-hydrogen) atoms. The average molecular weight is 495 g/mol. The number of aromatic nitrogens is 1. The van der Waals surface area contributed by atoms with E-state index < -0.39 is 21.4 Å². The lowest BCUT2D eigenvalue weighted by molar-refractivity contribution is 0.172. The Labute approximate surface area is 201 Å². The number of rotatable bonds is 6. The normalized spacial score (nSPS) is 13.3. The molecule has 0 amide bonds. The summed E-state index contributed by atoms with van der Waals surface area (Å²) in [7, 11) is -4.04. The number of H-pyrrole nitrogens is 1. The standard InChI is InChI=1S/C26H23FN2O5S/c1-17-2-4-18(5-3-17)15-29(35(31,32)22-8-6-21(27)7-9-22)16-20-12-19-13-24-25(34-11-10-33-24)14-23(19)28-26(20)30/h2-9,12-14H,10-11,15-16H2,1H3,(H,28,30). The molecule has 0 spiro atoms. The molecule has 0 saturated carbocycles. The van der Waals surface area contributed by atoms with Crippen LogP contribution >= 0.6 is 0 Å². The summed E-state index contributed by atoms with van der Waals surface area (Å²) in [5.41, 5.74) is 2.24. The van der Waals surface area contributed by atoms with E-state index in [0.29, 0.717) is 35.6 Å². The lowest BCUT2D eigenvalue weighted by Gasteiger charge is -2.23. The fourth-order valence-electron chi connectivity index (χ4n) is 3.97. The Hall–Kier alpha value is -3.69. The van der Waals surface area contributed by atoms with E-state index in [1.807, 2.05) is 31.2 Å². The zero-order chi connectivity index (χ0) is 24.6. The number of sulfonamides is 1. The van der Waals surface area contributed by atoms with Gasteiger partial charge in [0.25, 0.3) is 5.56 Å². The van der Waals surface area contributed by atoms with Crippen molar-refractivity contribution in [3.63, 3.8) is 0 Å². The Bertz CT molecular complexity index is 1550. The predicted octanol–water partition coefficient (Wildman–Crippen LogP) is 4.14. The third-order valence-corrected chi connectivity index (χ3v) is 7.67. The van der Waals surface area contributed by atoms with Gasteiger partial charge in [-0.25, -0.2) is 12.8 Å². The summed E-state index contributed by atoms with van der Waals surface area (Å²) in [6, 6.07) is 17.3. The van der Waals surface area contributed by atoms with E-state index in [0.717, 1.165) is 23.3 Å². The topological polar surface area (TPSA) is 88.7 Å². The van der Waals surface area contributed by atoms with Crippen molar-refractivity contribution in [3.8, 4) is 11.5 Å². The van der Waals surface area contributed by atoms with Crippen LogP contribution < -0.4 is 15.0 Å². The van der Waals surface area contributed by atoms with Crippen molar-refractivity contribution in [1.29, 1.82) is 0 Å². The van der Waals surface area contributed by atoms with Gasteiger partial charge in [-0.05, 0) is 48.9 Å². The molecule has 1 aliphatic rings. The first kappa shape index (κ1) is 23.1. The van der Waals surface area contributed by atoms with Gasteiger partial charge in [0.15, 0.2) is 11.5 Å². The second-order valence-electron chi connectivity index (χ2n) is 8.42. The van der Waals surface area contributed by atoms with Gasteiger partial charge in [-0.15, -0.1) is 0 Å². The first-order valence-corrected chi connectivity index (χ1v) is 12.5. The number of ether oxygens (including phenoxy) is 2. The van der Waals surface area contributed by atoms with Gasteiger partial charge in [0.2, 0.25) is 10.0 Å². The highest BCUT2D eigenvalue weighted by atomic mass is 32.2. The molecule has 0 aliphatic carbocycles. The van der Waals surface area contributed by atoms with Crippen molar-refractivity contribution >= 4 is 20.9 Å². The number of halogens is 1. The van der Waals surface area contributed by atoms with E-state index in [-0.39, 0.29) is 23.5 Å². The van der Waals surface area contributed by atoms with E-state index >= 15 is 0 Å². The van der Waals surface area contributed by atoms with E-state index in [1.165, 1.54) is 16.4 Å². The molecule has 2 heterocycles. The van der Waals surface area contributed by atoms with Crippen LogP contribution in [0.1, 0.15) is 16.7 Å². The molecule has 7 nitrogen and oxygen atoms in total. The fraction of sp³-hybridized carbons (Fsp3) is 0.192. The lowest BCUT2D eigenvalue weighted by atomic mass is 10.1. The average Bonchev–Trinajstić information content (AvgIpc) is 2.84. The molecule has 0 fully saturated rings. The Morgan fingerprint density at radius 2 is 1.57 bits per heavy atom. The molecule has 5 rings (SSSR count). The van der Waals surface area contributed by atoms with Gasteiger partial charge in [-0.2, -0.15) is 4.31 Å². The first-order valence-electron chi connectivity index (χ1n) is 11.1. The Kier molecular flexibility index (Phi) is 6.04. The highest BCUT2D eigenvalue weighted by Gasteiger charge is 2.26. The minimum absolute atomic E-state index is 0.0403. The summed E-state index contributed by atoms with van der Waals surface area (Å²) >= 11 is 0. The lowest BCUT2D eigenvalue weighted by Crippen LogP contribution is -2.32. The van der Waals surface area contributed by atoms with Gasteiger partial charge < -0.3 is 14.5 Å². The van der Waals surface area contributed by atoms with Crippen molar-refractivity contribution in [2.45, 2.75) is 24.9 Å². The van der Waals surface area contributed by atoms with Crippen molar-refractivity contribution in [3.05, 3.63) is 99.6 Å². The Balaban J connectivity index is 1.55. The molecule has 3 aromatic carbocycles. The van der Waals surface area contributed by atoms with Crippen molar-refractivity contribution < 1.29 is 22.3 Å². The smallest absolute Gasteiger partial charge is 0.252 e. The molecule has 0 unspecified atom stereocenters. The fourth-order valence-corrected chi connectivity index (χ4v) is 5.38. The Morgan fingerprint density at radius 1 is 0.914 bits per heavy atom. The minimum Gasteiger partial charge on any atom is -0.486 e. The number of aryl methyl sites for hydroxylation is 1. The monoisotopic (exact) mass is 494 g/mol. The third kappa shape index (κ3) is 4.78. The third-order valence-electron chi connectivity index (χ3n) is 5.86. The molecule has 1 aromatic heterocycles. The quantitative estimate of drug-likeness (QED) is 0.435. The van der Waals surface area contributed by atoms with Crippen LogP contribution in [0.2, 0.25) is 0 Å². The number of pyridine rings is 1. The summed E-state index contributed by atoms with van der Waals surface area (Å²) in [5, 5.41) is 0.693. The van der Waals surface area contributed by atoms with Crippen LogP contribution in [-0.2, 0) is 23.1 Å². The molecule has 1 aliphatic heterocycles. The van der Waals surface area contributed by atoms with Crippen molar-refractivity contribution in [2.75, 3.05) is 13.2 Å². The molecule has 0 saturated heterocycles. The zero-order valence-electron chi connectivity index (χ0n) is 19.0. The van der Waals surface area contributed by atoms with E-state index in [1.54, 1.807) is 18.2 Å². The number of hydrogen-bond donors (Lipinski definition) is 1. The van der Waals surface area contributed by atoms with Gasteiger partial charge in [-0.3, -0.25) is 4.79 Å². The maximum atomic E-state index is 13.5. The SMILES string of the molecule is Cc1ccc(CN(Cc2cc3cc4c(cc3[nH]c2=O)OCCO4)S(=O)(=O)c2ccc(F)cc2)cc1. The molecular weight excluding hydrogens is 471 g/mol. The highest BCUT2D eigenvalue weighted by Crippen LogP contribution is 2.34. The van der Waals surface area contributed by atoms with E-state index in [9.17, 15) is 17.6 Å². The minimum atomic E-state index is -4.04. The second kappa shape index (κ2) is 9.16. The predicted molar refractivity (Wildman–Crippen MR) is 130 cm³/mol. The number of nitrogens with zero attached hydrogens (tertiary/aromatic N) is 1. The second-order valence-corrected chi connectivity index (χ2v) is 10.4.